The van der Waals surface area contributed by atoms with Gasteiger partial charge in [-0.3, -0.25) is 19.6 Å². The first kappa shape index (κ1) is 41.6. The highest BCUT2D eigenvalue weighted by Gasteiger charge is 2.26. The van der Waals surface area contributed by atoms with Gasteiger partial charge in [0.25, 0.3) is 11.8 Å². The molecule has 9 nitrogen and oxygen atoms in total. The first-order chi connectivity index (χ1) is 28.8. The monoisotopic (exact) mass is 834 g/mol. The Labute approximate surface area is 357 Å². The lowest BCUT2D eigenvalue weighted by molar-refractivity contribution is 0.0767. The van der Waals surface area contributed by atoms with Crippen LogP contribution in [-0.2, 0) is 25.7 Å². The number of nitrogens with zero attached hydrogens (tertiary/aromatic N) is 3. The van der Waals surface area contributed by atoms with E-state index in [1.165, 1.54) is 24.8 Å². The number of aliphatic hydroxyl groups is 1. The SMILES string of the molecule is O=C(NCC(CN1CCCC1)C(O)c1ccccc1)c1ccc2c(Cl)c3c(nc2c1)CCCC3.O=C(NCC1CCNCC1)c1ccc2c(Cl)c3c(nc2c1)CCCC3. The van der Waals surface area contributed by atoms with E-state index in [1.54, 1.807) is 0 Å². The Morgan fingerprint density at radius 3 is 1.85 bits per heavy atom. The molecule has 2 saturated heterocycles. The molecule has 4 heterocycles. The van der Waals surface area contributed by atoms with Gasteiger partial charge in [-0.15, -0.1) is 0 Å². The number of carbonyl (C=O) groups excluding carboxylic acids is 2. The third-order valence-electron chi connectivity index (χ3n) is 12.7. The van der Waals surface area contributed by atoms with E-state index in [0.29, 0.717) is 23.6 Å². The Morgan fingerprint density at radius 1 is 0.729 bits per heavy atom. The number of hydrogen-bond acceptors (Lipinski definition) is 7. The Kier molecular flexibility index (Phi) is 13.8. The van der Waals surface area contributed by atoms with Gasteiger partial charge in [-0.05, 0) is 150 Å². The lowest BCUT2D eigenvalue weighted by Crippen LogP contribution is -2.38. The molecule has 0 radical (unpaired) electrons. The topological polar surface area (TPSA) is 119 Å². The van der Waals surface area contributed by atoms with Crippen molar-refractivity contribution in [2.45, 2.75) is 83.2 Å². The van der Waals surface area contributed by atoms with Crippen LogP contribution in [-0.4, -0.2) is 77.6 Å². The first-order valence-electron chi connectivity index (χ1n) is 21.8. The number of aromatic nitrogens is 2. The molecule has 2 aliphatic heterocycles. The van der Waals surface area contributed by atoms with Gasteiger partial charge in [-0.2, -0.15) is 0 Å². The van der Waals surface area contributed by atoms with Gasteiger partial charge < -0.3 is 26.0 Å². The summed E-state index contributed by atoms with van der Waals surface area (Å²) in [6, 6.07) is 21.0. The van der Waals surface area contributed by atoms with E-state index in [1.807, 2.05) is 66.7 Å². The van der Waals surface area contributed by atoms with Crippen LogP contribution in [0, 0.1) is 11.8 Å². The maximum atomic E-state index is 13.1. The number of hydrogen-bond donors (Lipinski definition) is 4. The summed E-state index contributed by atoms with van der Waals surface area (Å²) >= 11 is 13.3. The van der Waals surface area contributed by atoms with Crippen LogP contribution in [0.1, 0.15) is 106 Å². The van der Waals surface area contributed by atoms with E-state index in [0.717, 1.165) is 151 Å². The minimum Gasteiger partial charge on any atom is -0.388 e. The normalized spacial score (nSPS) is 18.0. The second-order valence-electron chi connectivity index (χ2n) is 16.8. The van der Waals surface area contributed by atoms with Crippen LogP contribution in [0.25, 0.3) is 21.8 Å². The Balaban J connectivity index is 0.000000172. The molecule has 0 bridgehead atoms. The largest absolute Gasteiger partial charge is 0.388 e. The summed E-state index contributed by atoms with van der Waals surface area (Å²) in [6.07, 6.45) is 12.5. The van der Waals surface area contributed by atoms with Crippen molar-refractivity contribution >= 4 is 56.8 Å². The summed E-state index contributed by atoms with van der Waals surface area (Å²) < 4.78 is 0. The molecule has 9 rings (SSSR count). The highest BCUT2D eigenvalue weighted by molar-refractivity contribution is 6.36. The number of carbonyl (C=O) groups is 2. The number of rotatable bonds is 10. The van der Waals surface area contributed by atoms with Crippen molar-refractivity contribution < 1.29 is 14.7 Å². The van der Waals surface area contributed by atoms with Gasteiger partial charge in [-0.25, -0.2) is 0 Å². The minimum atomic E-state index is -0.634. The summed E-state index contributed by atoms with van der Waals surface area (Å²) in [5.41, 5.74) is 8.27. The molecule has 3 aromatic carbocycles. The van der Waals surface area contributed by atoms with Gasteiger partial charge in [-0.1, -0.05) is 65.7 Å². The highest BCUT2D eigenvalue weighted by Crippen LogP contribution is 2.35. The number of aliphatic hydroxyl groups excluding tert-OH is 1. The Morgan fingerprint density at radius 2 is 1.27 bits per heavy atom. The zero-order valence-corrected chi connectivity index (χ0v) is 35.4. The molecule has 5 aromatic rings. The van der Waals surface area contributed by atoms with Crippen LogP contribution in [0.5, 0.6) is 0 Å². The molecule has 4 N–H and O–H groups in total. The van der Waals surface area contributed by atoms with E-state index in [4.69, 9.17) is 33.2 Å². The highest BCUT2D eigenvalue weighted by atomic mass is 35.5. The lowest BCUT2D eigenvalue weighted by atomic mass is 9.94. The number of likely N-dealkylation sites (tertiary alicyclic amines) is 1. The molecule has 2 aromatic heterocycles. The average molecular weight is 836 g/mol. The summed E-state index contributed by atoms with van der Waals surface area (Å²) in [7, 11) is 0. The molecule has 2 aliphatic carbocycles. The summed E-state index contributed by atoms with van der Waals surface area (Å²) in [5, 5.41) is 24.1. The van der Waals surface area contributed by atoms with Crippen molar-refractivity contribution in [1.29, 1.82) is 0 Å². The number of pyridine rings is 2. The van der Waals surface area contributed by atoms with Gasteiger partial charge in [0.15, 0.2) is 0 Å². The quantitative estimate of drug-likeness (QED) is 0.112. The van der Waals surface area contributed by atoms with Crippen LogP contribution < -0.4 is 16.0 Å². The molecule has 0 saturated carbocycles. The van der Waals surface area contributed by atoms with E-state index in [9.17, 15) is 14.7 Å². The van der Waals surface area contributed by atoms with E-state index < -0.39 is 6.10 Å². The standard InChI is InChI=1S/C28H32ClN3O2.C20H24ClN3O/c29-26-22-10-4-5-11-24(22)31-25-16-20(12-13-23(25)26)28(34)30-17-21(18-32-14-6-7-15-32)27(33)19-8-2-1-3-9-19;21-19-15-3-1-2-4-17(15)24-18-11-14(5-6-16(18)19)20(25)23-12-13-7-9-22-10-8-13/h1-3,8-9,12-13,16,21,27,33H,4-7,10-11,14-15,17-18H2,(H,30,34);5-6,11,13,22H,1-4,7-10,12H2,(H,23,25). The third-order valence-corrected chi connectivity index (χ3v) is 13.6. The fraction of sp³-hybridized carbons (Fsp3) is 0.458. The number of fused-ring (bicyclic) bond motifs is 4. The molecule has 2 amide bonds. The Bertz CT molecular complexity index is 2280. The molecule has 11 heteroatoms. The minimum absolute atomic E-state index is 0.0175. The molecule has 2 fully saturated rings. The van der Waals surface area contributed by atoms with Crippen molar-refractivity contribution in [2.75, 3.05) is 45.8 Å². The summed E-state index contributed by atoms with van der Waals surface area (Å²) in [6.45, 7) is 6.10. The molecule has 310 valence electrons. The number of piperidine rings is 1. The predicted octanol–water partition coefficient (Wildman–Crippen LogP) is 8.44. The fourth-order valence-electron chi connectivity index (χ4n) is 9.26. The first-order valence-corrected chi connectivity index (χ1v) is 22.5. The number of nitrogens with one attached hydrogen (secondary N) is 3. The van der Waals surface area contributed by atoms with Crippen LogP contribution in [0.4, 0.5) is 0 Å². The maximum Gasteiger partial charge on any atom is 0.251 e. The smallest absolute Gasteiger partial charge is 0.251 e. The Hall–Kier alpha value is -4.12. The van der Waals surface area contributed by atoms with Crippen LogP contribution >= 0.6 is 23.2 Å². The fourth-order valence-corrected chi connectivity index (χ4v) is 9.99. The molecule has 0 spiro atoms. The maximum absolute atomic E-state index is 13.1. The molecular formula is C48H56Cl2N6O3. The molecule has 4 aliphatic rings. The van der Waals surface area contributed by atoms with Crippen molar-refractivity contribution in [3.8, 4) is 0 Å². The zero-order chi connectivity index (χ0) is 40.7. The van der Waals surface area contributed by atoms with Gasteiger partial charge >= 0.3 is 0 Å². The molecule has 2 unspecified atom stereocenters. The second kappa shape index (κ2) is 19.5. The average Bonchev–Trinajstić information content (AvgIpc) is 3.81. The van der Waals surface area contributed by atoms with Gasteiger partial charge in [0.05, 0.1) is 27.2 Å². The lowest BCUT2D eigenvalue weighted by Gasteiger charge is -2.28. The predicted molar refractivity (Wildman–Crippen MR) is 238 cm³/mol. The molecule has 59 heavy (non-hydrogen) atoms. The van der Waals surface area contributed by atoms with Crippen molar-refractivity contribution in [3.63, 3.8) is 0 Å². The number of halogens is 2. The summed E-state index contributed by atoms with van der Waals surface area (Å²) in [4.78, 5) is 37.6. The summed E-state index contributed by atoms with van der Waals surface area (Å²) in [5.74, 6) is 0.315. The third kappa shape index (κ3) is 9.92. The molecular weight excluding hydrogens is 779 g/mol. The second-order valence-corrected chi connectivity index (χ2v) is 17.6. The van der Waals surface area contributed by atoms with Crippen LogP contribution in [0.2, 0.25) is 10.0 Å². The zero-order valence-electron chi connectivity index (χ0n) is 33.9. The van der Waals surface area contributed by atoms with Crippen molar-refractivity contribution in [1.82, 2.24) is 30.8 Å². The van der Waals surface area contributed by atoms with Gasteiger partial charge in [0.1, 0.15) is 0 Å². The molecule has 2 atom stereocenters. The van der Waals surface area contributed by atoms with Gasteiger partial charge in [0.2, 0.25) is 0 Å². The van der Waals surface area contributed by atoms with Crippen LogP contribution in [0.15, 0.2) is 66.7 Å². The number of benzene rings is 3. The van der Waals surface area contributed by atoms with Crippen LogP contribution in [0.3, 0.4) is 0 Å². The van der Waals surface area contributed by atoms with Crippen molar-refractivity contribution in [3.05, 3.63) is 116 Å². The number of aryl methyl sites for hydroxylation is 2. The number of amides is 2. The van der Waals surface area contributed by atoms with E-state index in [2.05, 4.69) is 20.9 Å². The van der Waals surface area contributed by atoms with E-state index >= 15 is 0 Å². The van der Waals surface area contributed by atoms with E-state index in [-0.39, 0.29) is 17.7 Å². The van der Waals surface area contributed by atoms with Gasteiger partial charge in [0, 0.05) is 58.8 Å². The van der Waals surface area contributed by atoms with Crippen molar-refractivity contribution in [2.24, 2.45) is 11.8 Å².